The molecule has 0 aliphatic heterocycles. The van der Waals surface area contributed by atoms with Gasteiger partial charge in [0, 0.05) is 23.2 Å². The lowest BCUT2D eigenvalue weighted by molar-refractivity contribution is 0.178. The van der Waals surface area contributed by atoms with Crippen LogP contribution in [0.5, 0.6) is 0 Å². The summed E-state index contributed by atoms with van der Waals surface area (Å²) in [5, 5.41) is 4.29. The Kier molecular flexibility index (Phi) is 6.88. The predicted octanol–water partition coefficient (Wildman–Crippen LogP) is 7.22. The van der Waals surface area contributed by atoms with Gasteiger partial charge in [-0.05, 0) is 60.4 Å². The van der Waals surface area contributed by atoms with Crippen molar-refractivity contribution in [1.82, 2.24) is 5.32 Å². The Hall–Kier alpha value is -0.133. The average molecular weight is 447 g/mol. The first kappa shape index (κ1) is 22.5. The van der Waals surface area contributed by atoms with Gasteiger partial charge < -0.3 is 9.74 Å². The molecule has 4 atom stereocenters. The first-order chi connectivity index (χ1) is 13.2. The number of rotatable bonds is 9. The molecule has 2 aliphatic carbocycles. The molecule has 6 heteroatoms. The van der Waals surface area contributed by atoms with E-state index in [9.17, 15) is 4.39 Å². The van der Waals surface area contributed by atoms with Crippen molar-refractivity contribution < 1.29 is 8.82 Å². The van der Waals surface area contributed by atoms with Crippen molar-refractivity contribution in [2.45, 2.75) is 77.7 Å². The number of hydrogen-bond acceptors (Lipinski definition) is 2. The molecule has 1 unspecified atom stereocenters. The number of fused-ring (bicyclic) bond motifs is 1. The molecule has 0 radical (unpaired) electrons. The van der Waals surface area contributed by atoms with Gasteiger partial charge in [0.15, 0.2) is 8.32 Å². The number of benzene rings is 1. The maximum absolute atomic E-state index is 14.2. The third-order valence-corrected chi connectivity index (χ3v) is 13.0. The van der Waals surface area contributed by atoms with Crippen LogP contribution >= 0.6 is 23.2 Å². The molecule has 0 saturated heterocycles. The summed E-state index contributed by atoms with van der Waals surface area (Å²) in [5.41, 5.74) is 1.12. The SMILES string of the molecule is CC[Si](CC)(CC)OC(CN[C@@H]1C[C@@H]2[C@H](C1)C2(C)C)c1c(Cl)ccc(F)c1Cl. The first-order valence-corrected chi connectivity index (χ1v) is 14.0. The van der Waals surface area contributed by atoms with Crippen molar-refractivity contribution in [3.63, 3.8) is 0 Å². The lowest BCUT2D eigenvalue weighted by atomic mass is 9.97. The van der Waals surface area contributed by atoms with Crippen LogP contribution in [0, 0.1) is 23.1 Å². The molecule has 0 spiro atoms. The molecule has 0 aromatic heterocycles. The first-order valence-electron chi connectivity index (χ1n) is 10.7. The molecule has 2 nitrogen and oxygen atoms in total. The Balaban J connectivity index is 1.78. The monoisotopic (exact) mass is 445 g/mol. The molecule has 3 rings (SSSR count). The van der Waals surface area contributed by atoms with Crippen molar-refractivity contribution in [2.75, 3.05) is 6.54 Å². The molecule has 1 aromatic carbocycles. The van der Waals surface area contributed by atoms with E-state index in [1.54, 1.807) is 6.07 Å². The number of nitrogens with one attached hydrogen (secondary N) is 1. The summed E-state index contributed by atoms with van der Waals surface area (Å²) in [6.45, 7) is 12.0. The molecule has 1 aromatic rings. The van der Waals surface area contributed by atoms with E-state index >= 15 is 0 Å². The minimum Gasteiger partial charge on any atom is -0.409 e. The normalized spacial score (nSPS) is 26.9. The highest BCUT2D eigenvalue weighted by Crippen LogP contribution is 2.66. The van der Waals surface area contributed by atoms with Crippen molar-refractivity contribution in [3.8, 4) is 0 Å². The van der Waals surface area contributed by atoms with Crippen LogP contribution in [0.4, 0.5) is 4.39 Å². The van der Waals surface area contributed by atoms with Crippen LogP contribution in [-0.4, -0.2) is 20.9 Å². The fourth-order valence-electron chi connectivity index (χ4n) is 5.29. The van der Waals surface area contributed by atoms with Gasteiger partial charge in [0.1, 0.15) is 5.82 Å². The second-order valence-electron chi connectivity index (χ2n) is 9.22. The third kappa shape index (κ3) is 4.18. The standard InChI is InChI=1S/C22H34Cl2FNOSi/c1-6-28(7-2,8-3)27-19(20-17(23)9-10-18(25)21(20)24)13-26-14-11-15-16(12-14)22(15,4)5/h9-10,14-16,19,26H,6-8,11-13H2,1-5H3/t14-,15-,16+,19?. The fourth-order valence-corrected chi connectivity index (χ4v) is 8.70. The summed E-state index contributed by atoms with van der Waals surface area (Å²) in [6, 6.07) is 6.51. The van der Waals surface area contributed by atoms with E-state index in [4.69, 9.17) is 27.6 Å². The van der Waals surface area contributed by atoms with E-state index in [0.717, 1.165) is 30.0 Å². The Labute approximate surface area is 180 Å². The molecule has 2 fully saturated rings. The topological polar surface area (TPSA) is 21.3 Å². The summed E-state index contributed by atoms with van der Waals surface area (Å²) in [4.78, 5) is 0. The van der Waals surface area contributed by atoms with Gasteiger partial charge in [-0.3, -0.25) is 0 Å². The van der Waals surface area contributed by atoms with Crippen molar-refractivity contribution >= 4 is 31.5 Å². The molecular formula is C22H34Cl2FNOSi. The van der Waals surface area contributed by atoms with E-state index in [1.807, 2.05) is 0 Å². The zero-order chi connectivity index (χ0) is 20.7. The summed E-state index contributed by atoms with van der Waals surface area (Å²) >= 11 is 12.8. The highest BCUT2D eigenvalue weighted by molar-refractivity contribution is 6.73. The lowest BCUT2D eigenvalue weighted by Gasteiger charge is -2.35. The van der Waals surface area contributed by atoms with Crippen LogP contribution in [0.2, 0.25) is 28.2 Å². The Bertz CT molecular complexity index is 688. The third-order valence-electron chi connectivity index (χ3n) is 7.68. The molecule has 1 N–H and O–H groups in total. The van der Waals surface area contributed by atoms with Crippen LogP contribution in [-0.2, 0) is 4.43 Å². The molecule has 2 saturated carbocycles. The Morgan fingerprint density at radius 1 is 1.14 bits per heavy atom. The molecule has 0 heterocycles. The maximum Gasteiger partial charge on any atom is 0.192 e. The summed E-state index contributed by atoms with van der Waals surface area (Å²) < 4.78 is 21.0. The van der Waals surface area contributed by atoms with Gasteiger partial charge in [-0.1, -0.05) is 57.8 Å². The van der Waals surface area contributed by atoms with Gasteiger partial charge >= 0.3 is 0 Å². The minimum absolute atomic E-state index is 0.0981. The quantitative estimate of drug-likeness (QED) is 0.319. The van der Waals surface area contributed by atoms with Gasteiger partial charge in [-0.15, -0.1) is 0 Å². The second-order valence-corrected chi connectivity index (χ2v) is 14.7. The summed E-state index contributed by atoms with van der Waals surface area (Å²) in [5.74, 6) is 1.23. The van der Waals surface area contributed by atoms with Crippen LogP contribution in [0.25, 0.3) is 0 Å². The van der Waals surface area contributed by atoms with E-state index in [1.165, 1.54) is 18.9 Å². The molecule has 0 bridgehead atoms. The molecule has 158 valence electrons. The zero-order valence-corrected chi connectivity index (χ0v) is 20.3. The molecule has 2 aliphatic rings. The second kappa shape index (κ2) is 8.54. The Morgan fingerprint density at radius 3 is 2.25 bits per heavy atom. The molecule has 0 amide bonds. The van der Waals surface area contributed by atoms with Gasteiger partial charge in [-0.2, -0.15) is 0 Å². The van der Waals surface area contributed by atoms with Crippen LogP contribution in [0.3, 0.4) is 0 Å². The average Bonchev–Trinajstić information content (AvgIpc) is 3.01. The van der Waals surface area contributed by atoms with E-state index in [-0.39, 0.29) is 11.1 Å². The molecular weight excluding hydrogens is 412 g/mol. The zero-order valence-electron chi connectivity index (χ0n) is 17.7. The van der Waals surface area contributed by atoms with Crippen molar-refractivity contribution in [2.24, 2.45) is 17.3 Å². The van der Waals surface area contributed by atoms with E-state index < -0.39 is 14.1 Å². The maximum atomic E-state index is 14.2. The highest BCUT2D eigenvalue weighted by Gasteiger charge is 2.61. The number of hydrogen-bond donors (Lipinski definition) is 1. The van der Waals surface area contributed by atoms with Gasteiger partial charge in [0.05, 0.1) is 11.1 Å². The minimum atomic E-state index is -1.91. The van der Waals surface area contributed by atoms with Gasteiger partial charge in [-0.25, -0.2) is 4.39 Å². The largest absolute Gasteiger partial charge is 0.409 e. The smallest absolute Gasteiger partial charge is 0.192 e. The Morgan fingerprint density at radius 2 is 1.71 bits per heavy atom. The predicted molar refractivity (Wildman–Crippen MR) is 119 cm³/mol. The van der Waals surface area contributed by atoms with Gasteiger partial charge in [0.2, 0.25) is 0 Å². The van der Waals surface area contributed by atoms with Crippen molar-refractivity contribution in [3.05, 3.63) is 33.6 Å². The number of halogens is 3. The van der Waals surface area contributed by atoms with Crippen LogP contribution in [0.15, 0.2) is 12.1 Å². The van der Waals surface area contributed by atoms with Crippen molar-refractivity contribution in [1.29, 1.82) is 0 Å². The highest BCUT2D eigenvalue weighted by atomic mass is 35.5. The van der Waals surface area contributed by atoms with Crippen LogP contribution < -0.4 is 5.32 Å². The lowest BCUT2D eigenvalue weighted by Crippen LogP contribution is -2.41. The van der Waals surface area contributed by atoms with Crippen LogP contribution in [0.1, 0.15) is 59.1 Å². The summed E-state index contributed by atoms with van der Waals surface area (Å²) in [7, 11) is -1.91. The van der Waals surface area contributed by atoms with E-state index in [0.29, 0.717) is 28.6 Å². The fraction of sp³-hybridized carbons (Fsp3) is 0.727. The molecule has 28 heavy (non-hydrogen) atoms. The summed E-state index contributed by atoms with van der Waals surface area (Å²) in [6.07, 6.45) is 2.12. The van der Waals surface area contributed by atoms with Gasteiger partial charge in [0.25, 0.3) is 0 Å². The van der Waals surface area contributed by atoms with E-state index in [2.05, 4.69) is 39.9 Å².